The van der Waals surface area contributed by atoms with Gasteiger partial charge in [0.2, 0.25) is 0 Å². The number of imidazole rings is 1. The Morgan fingerprint density at radius 2 is 2.13 bits per heavy atom. The van der Waals surface area contributed by atoms with Crippen LogP contribution in [0.25, 0.3) is 0 Å². The van der Waals surface area contributed by atoms with E-state index in [9.17, 15) is 0 Å². The second-order valence-corrected chi connectivity index (χ2v) is 6.10. The third kappa shape index (κ3) is 3.50. The molecule has 1 saturated heterocycles. The number of benzene rings is 1. The predicted octanol–water partition coefficient (Wildman–Crippen LogP) is 2.47. The van der Waals surface area contributed by atoms with Gasteiger partial charge in [-0.2, -0.15) is 0 Å². The lowest BCUT2D eigenvalue weighted by Gasteiger charge is -2.18. The first-order chi connectivity index (χ1) is 11.2. The van der Waals surface area contributed by atoms with Crippen molar-refractivity contribution in [2.45, 2.75) is 18.8 Å². The van der Waals surface area contributed by atoms with E-state index in [1.807, 2.05) is 24.5 Å². The van der Waals surface area contributed by atoms with Crippen LogP contribution in [0.3, 0.4) is 0 Å². The molecule has 2 heterocycles. The van der Waals surface area contributed by atoms with Gasteiger partial charge in [0.05, 0.1) is 14.2 Å². The fourth-order valence-electron chi connectivity index (χ4n) is 3.34. The van der Waals surface area contributed by atoms with E-state index in [0.29, 0.717) is 5.92 Å². The van der Waals surface area contributed by atoms with Gasteiger partial charge in [0.1, 0.15) is 17.3 Å². The van der Waals surface area contributed by atoms with Gasteiger partial charge < -0.3 is 18.9 Å². The fraction of sp³-hybridized carbons (Fsp3) is 0.500. The van der Waals surface area contributed by atoms with E-state index in [-0.39, 0.29) is 0 Å². The summed E-state index contributed by atoms with van der Waals surface area (Å²) in [5, 5.41) is 0. The molecule has 1 aromatic carbocycles. The van der Waals surface area contributed by atoms with Crippen LogP contribution >= 0.6 is 0 Å². The number of likely N-dealkylation sites (tertiary alicyclic amines) is 1. The number of rotatable bonds is 6. The standard InChI is InChI=1S/C18H25N3O2/c1-20-11-8-19-18(20)7-10-21-9-6-14(13-21)16-12-15(22-2)4-5-17(16)23-3/h4-5,8,11-12,14H,6-7,9-10,13H2,1-3H3. The second kappa shape index (κ2) is 7.04. The number of methoxy groups -OCH3 is 2. The first-order valence-corrected chi connectivity index (χ1v) is 8.11. The molecule has 1 atom stereocenters. The van der Waals surface area contributed by atoms with Crippen molar-refractivity contribution < 1.29 is 9.47 Å². The van der Waals surface area contributed by atoms with E-state index < -0.39 is 0 Å². The molecule has 1 aliphatic heterocycles. The summed E-state index contributed by atoms with van der Waals surface area (Å²) >= 11 is 0. The first kappa shape index (κ1) is 15.9. The fourth-order valence-corrected chi connectivity index (χ4v) is 3.34. The lowest BCUT2D eigenvalue weighted by Crippen LogP contribution is -2.24. The lowest BCUT2D eigenvalue weighted by atomic mass is 9.97. The summed E-state index contributed by atoms with van der Waals surface area (Å²) in [5.41, 5.74) is 1.26. The van der Waals surface area contributed by atoms with Crippen LogP contribution in [0.1, 0.15) is 23.7 Å². The van der Waals surface area contributed by atoms with Crippen LogP contribution < -0.4 is 9.47 Å². The molecule has 2 aromatic rings. The van der Waals surface area contributed by atoms with E-state index in [4.69, 9.17) is 9.47 Å². The molecule has 0 bridgehead atoms. The van der Waals surface area contributed by atoms with Gasteiger partial charge in [-0.25, -0.2) is 4.98 Å². The molecule has 23 heavy (non-hydrogen) atoms. The number of aromatic nitrogens is 2. The van der Waals surface area contributed by atoms with Crippen LogP contribution in [0.2, 0.25) is 0 Å². The van der Waals surface area contributed by atoms with Gasteiger partial charge in [0.15, 0.2) is 0 Å². The Morgan fingerprint density at radius 1 is 1.26 bits per heavy atom. The Labute approximate surface area is 137 Å². The van der Waals surface area contributed by atoms with Crippen LogP contribution in [0.4, 0.5) is 0 Å². The molecule has 124 valence electrons. The van der Waals surface area contributed by atoms with Crippen molar-refractivity contribution in [1.29, 1.82) is 0 Å². The van der Waals surface area contributed by atoms with Crippen LogP contribution in [-0.2, 0) is 13.5 Å². The van der Waals surface area contributed by atoms with Crippen LogP contribution in [0, 0.1) is 0 Å². The van der Waals surface area contributed by atoms with Gasteiger partial charge in [-0.3, -0.25) is 0 Å². The zero-order valence-electron chi connectivity index (χ0n) is 14.2. The minimum Gasteiger partial charge on any atom is -0.497 e. The van der Waals surface area contributed by atoms with Crippen LogP contribution in [0.5, 0.6) is 11.5 Å². The summed E-state index contributed by atoms with van der Waals surface area (Å²) in [7, 11) is 5.49. The van der Waals surface area contributed by atoms with Crippen LogP contribution in [-0.4, -0.2) is 48.3 Å². The van der Waals surface area contributed by atoms with Gasteiger partial charge in [-0.1, -0.05) is 0 Å². The predicted molar refractivity (Wildman–Crippen MR) is 90.3 cm³/mol. The van der Waals surface area contributed by atoms with Gasteiger partial charge in [-0.05, 0) is 31.2 Å². The zero-order valence-corrected chi connectivity index (χ0v) is 14.2. The molecule has 0 amide bonds. The normalized spacial score (nSPS) is 18.3. The molecule has 1 aromatic heterocycles. The minimum absolute atomic E-state index is 0.501. The third-order valence-electron chi connectivity index (χ3n) is 4.72. The molecular weight excluding hydrogens is 290 g/mol. The zero-order chi connectivity index (χ0) is 16.2. The monoisotopic (exact) mass is 315 g/mol. The molecule has 0 aliphatic carbocycles. The van der Waals surface area contributed by atoms with Crippen molar-refractivity contribution in [1.82, 2.24) is 14.5 Å². The first-order valence-electron chi connectivity index (χ1n) is 8.11. The Morgan fingerprint density at radius 3 is 2.83 bits per heavy atom. The number of hydrogen-bond donors (Lipinski definition) is 0. The van der Waals surface area contributed by atoms with Gasteiger partial charge >= 0.3 is 0 Å². The molecule has 1 aliphatic rings. The average Bonchev–Trinajstić information content (AvgIpc) is 3.21. The van der Waals surface area contributed by atoms with Crippen molar-refractivity contribution >= 4 is 0 Å². The maximum atomic E-state index is 5.54. The highest BCUT2D eigenvalue weighted by Gasteiger charge is 2.26. The molecule has 5 nitrogen and oxygen atoms in total. The summed E-state index contributed by atoms with van der Waals surface area (Å²) in [4.78, 5) is 6.92. The van der Waals surface area contributed by atoms with Gasteiger partial charge in [0.25, 0.3) is 0 Å². The SMILES string of the molecule is COc1ccc(OC)c(C2CCN(CCc3nccn3C)C2)c1. The molecule has 0 N–H and O–H groups in total. The average molecular weight is 315 g/mol. The van der Waals surface area contributed by atoms with E-state index >= 15 is 0 Å². The molecule has 0 radical (unpaired) electrons. The Balaban J connectivity index is 1.64. The van der Waals surface area contributed by atoms with Crippen molar-refractivity contribution in [2.75, 3.05) is 33.9 Å². The van der Waals surface area contributed by atoms with Gasteiger partial charge in [0, 0.05) is 50.4 Å². The third-order valence-corrected chi connectivity index (χ3v) is 4.72. The number of ether oxygens (including phenoxy) is 2. The maximum Gasteiger partial charge on any atom is 0.122 e. The van der Waals surface area contributed by atoms with E-state index in [0.717, 1.165) is 49.8 Å². The number of nitrogens with zero attached hydrogens (tertiary/aromatic N) is 3. The highest BCUT2D eigenvalue weighted by molar-refractivity contribution is 5.43. The molecular formula is C18H25N3O2. The highest BCUT2D eigenvalue weighted by atomic mass is 16.5. The molecule has 1 fully saturated rings. The van der Waals surface area contributed by atoms with E-state index in [1.165, 1.54) is 5.56 Å². The largest absolute Gasteiger partial charge is 0.497 e. The highest BCUT2D eigenvalue weighted by Crippen LogP contribution is 2.35. The molecule has 5 heteroatoms. The summed E-state index contributed by atoms with van der Waals surface area (Å²) < 4.78 is 13.0. The van der Waals surface area contributed by atoms with Crippen molar-refractivity contribution in [3.8, 4) is 11.5 Å². The lowest BCUT2D eigenvalue weighted by molar-refractivity contribution is 0.333. The van der Waals surface area contributed by atoms with E-state index in [1.54, 1.807) is 14.2 Å². The molecule has 3 rings (SSSR count). The summed E-state index contributed by atoms with van der Waals surface area (Å²) in [6.07, 6.45) is 6.02. The number of aryl methyl sites for hydroxylation is 1. The second-order valence-electron chi connectivity index (χ2n) is 6.10. The summed E-state index contributed by atoms with van der Waals surface area (Å²) in [5.74, 6) is 3.50. The van der Waals surface area contributed by atoms with Crippen molar-refractivity contribution in [3.63, 3.8) is 0 Å². The quantitative estimate of drug-likeness (QED) is 0.821. The summed E-state index contributed by atoms with van der Waals surface area (Å²) in [6, 6.07) is 6.08. The van der Waals surface area contributed by atoms with Crippen LogP contribution in [0.15, 0.2) is 30.6 Å². The molecule has 0 saturated carbocycles. The number of hydrogen-bond acceptors (Lipinski definition) is 4. The van der Waals surface area contributed by atoms with Gasteiger partial charge in [-0.15, -0.1) is 0 Å². The van der Waals surface area contributed by atoms with Crippen molar-refractivity contribution in [3.05, 3.63) is 42.0 Å². The summed E-state index contributed by atoms with van der Waals surface area (Å²) in [6.45, 7) is 3.23. The molecule has 0 spiro atoms. The Hall–Kier alpha value is -2.01. The maximum absolute atomic E-state index is 5.54. The van der Waals surface area contributed by atoms with E-state index in [2.05, 4.69) is 27.6 Å². The van der Waals surface area contributed by atoms with Crippen molar-refractivity contribution in [2.24, 2.45) is 7.05 Å². The smallest absolute Gasteiger partial charge is 0.122 e. The molecule has 1 unspecified atom stereocenters. The topological polar surface area (TPSA) is 39.5 Å². The minimum atomic E-state index is 0.501. The Kier molecular flexibility index (Phi) is 4.86. The Bertz CT molecular complexity index is 653.